The van der Waals surface area contributed by atoms with Crippen molar-refractivity contribution >= 4 is 17.5 Å². The predicted octanol–water partition coefficient (Wildman–Crippen LogP) is 4.81. The lowest BCUT2D eigenvalue weighted by molar-refractivity contribution is -0.124. The standard InChI is InChI=1S/C30H35N3O2/c1-22(34)33-27-17-14-23(15-18-27)9-8-20-32-28-19-16-26(21-28)30(29(31)35,24-10-4-2-5-11-24)25-12-6-3-7-13-25/h2-7,10-15,17-18,26,28,32H,8-9,16,19-21H2,1H3,(H2,31,35)(H,33,34). The van der Waals surface area contributed by atoms with E-state index in [4.69, 9.17) is 5.73 Å². The smallest absolute Gasteiger partial charge is 0.232 e. The number of aryl methyl sites for hydroxylation is 1. The van der Waals surface area contributed by atoms with Crippen molar-refractivity contribution in [1.29, 1.82) is 0 Å². The Hall–Kier alpha value is -3.44. The van der Waals surface area contributed by atoms with Crippen LogP contribution in [0, 0.1) is 5.92 Å². The van der Waals surface area contributed by atoms with Crippen LogP contribution in [-0.2, 0) is 21.4 Å². The van der Waals surface area contributed by atoms with Gasteiger partial charge >= 0.3 is 0 Å². The minimum Gasteiger partial charge on any atom is -0.369 e. The van der Waals surface area contributed by atoms with E-state index in [1.54, 1.807) is 0 Å². The molecule has 0 spiro atoms. The number of nitrogens with two attached hydrogens (primary N) is 1. The van der Waals surface area contributed by atoms with E-state index in [0.29, 0.717) is 6.04 Å². The molecule has 1 aliphatic carbocycles. The molecule has 35 heavy (non-hydrogen) atoms. The average molecular weight is 470 g/mol. The Morgan fingerprint density at radius 2 is 1.49 bits per heavy atom. The molecule has 1 saturated carbocycles. The largest absolute Gasteiger partial charge is 0.369 e. The summed E-state index contributed by atoms with van der Waals surface area (Å²) < 4.78 is 0. The van der Waals surface area contributed by atoms with Crippen molar-refractivity contribution in [2.75, 3.05) is 11.9 Å². The van der Waals surface area contributed by atoms with Crippen LogP contribution in [0.1, 0.15) is 49.3 Å². The van der Waals surface area contributed by atoms with E-state index in [-0.39, 0.29) is 17.7 Å². The molecule has 5 heteroatoms. The highest BCUT2D eigenvalue weighted by Crippen LogP contribution is 2.46. The number of benzene rings is 3. The maximum absolute atomic E-state index is 13.2. The number of hydrogen-bond donors (Lipinski definition) is 3. The molecule has 4 rings (SSSR count). The summed E-state index contributed by atoms with van der Waals surface area (Å²) in [5.74, 6) is -0.191. The van der Waals surface area contributed by atoms with Gasteiger partial charge in [0.25, 0.3) is 0 Å². The van der Waals surface area contributed by atoms with Gasteiger partial charge in [-0.1, -0.05) is 72.8 Å². The molecule has 3 aromatic carbocycles. The van der Waals surface area contributed by atoms with E-state index in [9.17, 15) is 9.59 Å². The van der Waals surface area contributed by atoms with Gasteiger partial charge in [0.2, 0.25) is 11.8 Å². The van der Waals surface area contributed by atoms with Gasteiger partial charge in [-0.05, 0) is 73.4 Å². The molecular weight excluding hydrogens is 434 g/mol. The number of amides is 2. The maximum Gasteiger partial charge on any atom is 0.232 e. The van der Waals surface area contributed by atoms with Crippen LogP contribution in [0.5, 0.6) is 0 Å². The zero-order chi connectivity index (χ0) is 24.7. The summed E-state index contributed by atoms with van der Waals surface area (Å²) in [7, 11) is 0. The molecule has 1 fully saturated rings. The molecule has 0 saturated heterocycles. The van der Waals surface area contributed by atoms with Crippen LogP contribution in [-0.4, -0.2) is 24.4 Å². The van der Waals surface area contributed by atoms with Gasteiger partial charge in [-0.2, -0.15) is 0 Å². The van der Waals surface area contributed by atoms with Gasteiger partial charge in [0, 0.05) is 18.7 Å². The van der Waals surface area contributed by atoms with Gasteiger partial charge in [-0.3, -0.25) is 9.59 Å². The fourth-order valence-corrected chi connectivity index (χ4v) is 5.64. The highest BCUT2D eigenvalue weighted by atomic mass is 16.2. The summed E-state index contributed by atoms with van der Waals surface area (Å²) in [6.07, 6.45) is 4.90. The number of rotatable bonds is 10. The topological polar surface area (TPSA) is 84.2 Å². The molecule has 0 heterocycles. The van der Waals surface area contributed by atoms with Gasteiger partial charge in [0.15, 0.2) is 0 Å². The fraction of sp³-hybridized carbons (Fsp3) is 0.333. The first-order valence-electron chi connectivity index (χ1n) is 12.5. The molecule has 2 atom stereocenters. The predicted molar refractivity (Wildman–Crippen MR) is 141 cm³/mol. The zero-order valence-corrected chi connectivity index (χ0v) is 20.4. The van der Waals surface area contributed by atoms with Crippen LogP contribution in [0.15, 0.2) is 84.9 Å². The van der Waals surface area contributed by atoms with Crippen molar-refractivity contribution in [1.82, 2.24) is 5.32 Å². The second-order valence-electron chi connectivity index (χ2n) is 9.55. The molecule has 1 aliphatic rings. The number of primary amides is 1. The van der Waals surface area contributed by atoms with Crippen molar-refractivity contribution in [3.05, 3.63) is 102 Å². The summed E-state index contributed by atoms with van der Waals surface area (Å²) >= 11 is 0. The van der Waals surface area contributed by atoms with Gasteiger partial charge in [-0.15, -0.1) is 0 Å². The van der Waals surface area contributed by atoms with Crippen LogP contribution in [0.2, 0.25) is 0 Å². The Labute approximate surface area is 208 Å². The molecule has 0 radical (unpaired) electrons. The monoisotopic (exact) mass is 469 g/mol. The fourth-order valence-electron chi connectivity index (χ4n) is 5.64. The lowest BCUT2D eigenvalue weighted by atomic mass is 9.64. The summed E-state index contributed by atoms with van der Waals surface area (Å²) in [4.78, 5) is 24.4. The number of anilines is 1. The molecule has 4 N–H and O–H groups in total. The van der Waals surface area contributed by atoms with Crippen molar-refractivity contribution in [2.45, 2.75) is 50.5 Å². The minimum atomic E-state index is -0.825. The first-order valence-corrected chi connectivity index (χ1v) is 12.5. The highest BCUT2D eigenvalue weighted by molar-refractivity contribution is 5.91. The highest BCUT2D eigenvalue weighted by Gasteiger charge is 2.49. The summed E-state index contributed by atoms with van der Waals surface area (Å²) in [5, 5.41) is 6.52. The Morgan fingerprint density at radius 1 is 0.886 bits per heavy atom. The van der Waals surface area contributed by atoms with E-state index in [0.717, 1.165) is 55.5 Å². The van der Waals surface area contributed by atoms with Crippen LogP contribution < -0.4 is 16.4 Å². The lowest BCUT2D eigenvalue weighted by Gasteiger charge is -2.37. The van der Waals surface area contributed by atoms with E-state index >= 15 is 0 Å². The maximum atomic E-state index is 13.2. The SMILES string of the molecule is CC(=O)Nc1ccc(CCCNC2CCC(C(C(N)=O)(c3ccccc3)c3ccccc3)C2)cc1. The Balaban J connectivity index is 1.39. The quantitative estimate of drug-likeness (QED) is 0.373. The van der Waals surface area contributed by atoms with Crippen molar-refractivity contribution < 1.29 is 9.59 Å². The van der Waals surface area contributed by atoms with Crippen molar-refractivity contribution in [3.8, 4) is 0 Å². The Bertz CT molecular complexity index is 1070. The normalized spacial score (nSPS) is 17.7. The molecule has 182 valence electrons. The van der Waals surface area contributed by atoms with E-state index in [1.807, 2.05) is 72.8 Å². The van der Waals surface area contributed by atoms with E-state index in [1.165, 1.54) is 12.5 Å². The molecule has 3 aromatic rings. The van der Waals surface area contributed by atoms with Gasteiger partial charge in [-0.25, -0.2) is 0 Å². The lowest BCUT2D eigenvalue weighted by Crippen LogP contribution is -2.48. The summed E-state index contributed by atoms with van der Waals surface area (Å²) in [6.45, 7) is 2.44. The molecule has 2 amide bonds. The number of hydrogen-bond acceptors (Lipinski definition) is 3. The first kappa shape index (κ1) is 24.7. The zero-order valence-electron chi connectivity index (χ0n) is 20.4. The van der Waals surface area contributed by atoms with Gasteiger partial charge in [0.1, 0.15) is 5.41 Å². The van der Waals surface area contributed by atoms with Crippen LogP contribution >= 0.6 is 0 Å². The molecular formula is C30H35N3O2. The number of carbonyl (C=O) groups excluding carboxylic acids is 2. The first-order chi connectivity index (χ1) is 17.0. The van der Waals surface area contributed by atoms with Crippen molar-refractivity contribution in [2.24, 2.45) is 11.7 Å². The third-order valence-electron chi connectivity index (χ3n) is 7.24. The molecule has 2 unspecified atom stereocenters. The molecule has 0 aromatic heterocycles. The minimum absolute atomic E-state index is 0.0586. The van der Waals surface area contributed by atoms with E-state index < -0.39 is 5.41 Å². The molecule has 5 nitrogen and oxygen atoms in total. The van der Waals surface area contributed by atoms with Crippen molar-refractivity contribution in [3.63, 3.8) is 0 Å². The van der Waals surface area contributed by atoms with Crippen LogP contribution in [0.25, 0.3) is 0 Å². The Kier molecular flexibility index (Phi) is 7.98. The summed E-state index contributed by atoms with van der Waals surface area (Å²) in [5.41, 5.74) is 9.42. The third kappa shape index (κ3) is 5.63. The Morgan fingerprint density at radius 3 is 2.03 bits per heavy atom. The third-order valence-corrected chi connectivity index (χ3v) is 7.24. The molecule has 0 aliphatic heterocycles. The van der Waals surface area contributed by atoms with Gasteiger partial charge < -0.3 is 16.4 Å². The van der Waals surface area contributed by atoms with Crippen LogP contribution in [0.3, 0.4) is 0 Å². The second kappa shape index (κ2) is 11.3. The van der Waals surface area contributed by atoms with Gasteiger partial charge in [0.05, 0.1) is 0 Å². The second-order valence-corrected chi connectivity index (χ2v) is 9.55. The van der Waals surface area contributed by atoms with Crippen LogP contribution in [0.4, 0.5) is 5.69 Å². The number of carbonyl (C=O) groups is 2. The van der Waals surface area contributed by atoms with E-state index in [2.05, 4.69) is 22.8 Å². The average Bonchev–Trinajstić information content (AvgIpc) is 3.33. The number of nitrogens with one attached hydrogen (secondary N) is 2. The summed E-state index contributed by atoms with van der Waals surface area (Å²) in [6, 6.07) is 28.5. The molecule has 0 bridgehead atoms.